The van der Waals surface area contributed by atoms with E-state index in [4.69, 9.17) is 0 Å². The molecule has 7 heteroatoms. The minimum absolute atomic E-state index is 0.0444. The number of aliphatic hydroxyl groups excluding tert-OH is 1. The number of piperidine rings is 1. The number of carbonyl (C=O) groups excluding carboxylic acids is 1. The van der Waals surface area contributed by atoms with Gasteiger partial charge in [-0.05, 0) is 54.8 Å². The first kappa shape index (κ1) is 18.0. The van der Waals surface area contributed by atoms with E-state index >= 15 is 0 Å². The van der Waals surface area contributed by atoms with Gasteiger partial charge in [-0.15, -0.1) is 0 Å². The molecule has 0 aliphatic carbocycles. The lowest BCUT2D eigenvalue weighted by atomic mass is 9.89. The van der Waals surface area contributed by atoms with Crippen LogP contribution in [0.5, 0.6) is 0 Å². The van der Waals surface area contributed by atoms with Crippen molar-refractivity contribution in [1.29, 1.82) is 0 Å². The molecule has 2 aromatic carbocycles. The number of rotatable bonds is 5. The molecule has 1 aliphatic heterocycles. The fourth-order valence-corrected chi connectivity index (χ4v) is 3.33. The van der Waals surface area contributed by atoms with E-state index in [9.17, 15) is 24.4 Å². The van der Waals surface area contributed by atoms with Crippen LogP contribution < -0.4 is 4.90 Å². The zero-order valence-corrected chi connectivity index (χ0v) is 14.1. The normalized spacial score (nSPS) is 17.2. The second-order valence-corrected chi connectivity index (χ2v) is 6.39. The molecule has 0 spiro atoms. The quantitative estimate of drug-likeness (QED) is 0.503. The first-order valence-electron chi connectivity index (χ1n) is 8.42. The fraction of sp³-hybridized carbons (Fsp3) is 0.316. The van der Waals surface area contributed by atoms with Gasteiger partial charge in [0.1, 0.15) is 11.5 Å². The van der Waals surface area contributed by atoms with Crippen molar-refractivity contribution in [2.24, 2.45) is 5.92 Å². The molecule has 3 rings (SSSR count). The number of anilines is 1. The van der Waals surface area contributed by atoms with E-state index in [0.717, 1.165) is 6.42 Å². The Morgan fingerprint density at radius 2 is 2.00 bits per heavy atom. The first-order valence-corrected chi connectivity index (χ1v) is 8.42. The first-order chi connectivity index (χ1) is 12.5. The molecule has 0 aromatic heterocycles. The van der Waals surface area contributed by atoms with Crippen LogP contribution in [0.1, 0.15) is 28.8 Å². The topological polar surface area (TPSA) is 83.7 Å². The summed E-state index contributed by atoms with van der Waals surface area (Å²) in [7, 11) is 0. The fourth-order valence-electron chi connectivity index (χ4n) is 3.33. The third kappa shape index (κ3) is 3.72. The molecule has 26 heavy (non-hydrogen) atoms. The molecular formula is C19H19FN2O4. The summed E-state index contributed by atoms with van der Waals surface area (Å²) in [5.41, 5.74) is 1.39. The Kier molecular flexibility index (Phi) is 5.27. The number of benzene rings is 2. The Bertz CT molecular complexity index is 823. The number of hydrogen-bond donors (Lipinski definition) is 1. The molecule has 1 saturated heterocycles. The Balaban J connectivity index is 1.85. The molecule has 6 nitrogen and oxygen atoms in total. The van der Waals surface area contributed by atoms with Gasteiger partial charge in [0.05, 0.1) is 11.5 Å². The van der Waals surface area contributed by atoms with Crippen LogP contribution in [0.2, 0.25) is 0 Å². The van der Waals surface area contributed by atoms with Crippen LogP contribution in [0.15, 0.2) is 42.5 Å². The van der Waals surface area contributed by atoms with E-state index in [2.05, 4.69) is 0 Å². The third-order valence-electron chi connectivity index (χ3n) is 4.68. The number of carbonyl (C=O) groups is 1. The number of aliphatic hydroxyl groups is 1. The summed E-state index contributed by atoms with van der Waals surface area (Å²) in [6, 6.07) is 9.94. The minimum Gasteiger partial charge on any atom is -0.392 e. The third-order valence-corrected chi connectivity index (χ3v) is 4.68. The van der Waals surface area contributed by atoms with Crippen LogP contribution in [0.4, 0.5) is 15.8 Å². The van der Waals surface area contributed by atoms with Gasteiger partial charge in [-0.1, -0.05) is 0 Å². The van der Waals surface area contributed by atoms with Crippen LogP contribution in [-0.2, 0) is 6.61 Å². The van der Waals surface area contributed by atoms with Crippen LogP contribution in [0, 0.1) is 21.8 Å². The summed E-state index contributed by atoms with van der Waals surface area (Å²) in [6.07, 6.45) is 1.40. The van der Waals surface area contributed by atoms with Crippen molar-refractivity contribution in [2.45, 2.75) is 19.4 Å². The highest BCUT2D eigenvalue weighted by Gasteiger charge is 2.30. The van der Waals surface area contributed by atoms with Crippen LogP contribution >= 0.6 is 0 Å². The molecule has 0 amide bonds. The van der Waals surface area contributed by atoms with E-state index in [-0.39, 0.29) is 24.0 Å². The summed E-state index contributed by atoms with van der Waals surface area (Å²) in [5.74, 6) is -0.800. The van der Waals surface area contributed by atoms with E-state index < -0.39 is 10.7 Å². The van der Waals surface area contributed by atoms with Crippen LogP contribution in [0.3, 0.4) is 0 Å². The Morgan fingerprint density at radius 1 is 1.27 bits per heavy atom. The number of nitrogens with zero attached hydrogens (tertiary/aromatic N) is 2. The van der Waals surface area contributed by atoms with Gasteiger partial charge in [-0.3, -0.25) is 14.9 Å². The standard InChI is InChI=1S/C19H19FN2O4/c20-16-6-4-14(5-7-16)19(24)15-2-1-9-21(11-15)18-10-13(12-23)3-8-17(18)22(25)26/h3-8,10,15,23H,1-2,9,11-12H2. The average Bonchev–Trinajstić information content (AvgIpc) is 2.67. The largest absolute Gasteiger partial charge is 0.392 e. The number of hydrogen-bond acceptors (Lipinski definition) is 5. The molecule has 1 unspecified atom stereocenters. The maximum atomic E-state index is 13.1. The minimum atomic E-state index is -0.456. The highest BCUT2D eigenvalue weighted by molar-refractivity contribution is 5.98. The monoisotopic (exact) mass is 358 g/mol. The van der Waals surface area contributed by atoms with E-state index in [1.54, 1.807) is 6.07 Å². The van der Waals surface area contributed by atoms with Gasteiger partial charge in [0.15, 0.2) is 5.78 Å². The summed E-state index contributed by atoms with van der Waals surface area (Å²) >= 11 is 0. The van der Waals surface area contributed by atoms with Gasteiger partial charge in [0, 0.05) is 30.6 Å². The van der Waals surface area contributed by atoms with Crippen molar-refractivity contribution in [2.75, 3.05) is 18.0 Å². The number of nitro groups is 1. The van der Waals surface area contributed by atoms with Gasteiger partial charge in [-0.25, -0.2) is 4.39 Å². The summed E-state index contributed by atoms with van der Waals surface area (Å²) in [5, 5.41) is 20.7. The van der Waals surface area contributed by atoms with Crippen molar-refractivity contribution < 1.29 is 19.2 Å². The molecule has 0 bridgehead atoms. The van der Waals surface area contributed by atoms with Crippen molar-refractivity contribution >= 4 is 17.2 Å². The number of ketones is 1. The zero-order valence-electron chi connectivity index (χ0n) is 14.1. The van der Waals surface area contributed by atoms with Crippen molar-refractivity contribution in [1.82, 2.24) is 0 Å². The SMILES string of the molecule is O=C(c1ccc(F)cc1)C1CCCN(c2cc(CO)ccc2[N+](=O)[O-])C1. The van der Waals surface area contributed by atoms with Crippen LogP contribution in [0.25, 0.3) is 0 Å². The summed E-state index contributed by atoms with van der Waals surface area (Å²) < 4.78 is 13.1. The lowest BCUT2D eigenvalue weighted by Gasteiger charge is -2.33. The van der Waals surface area contributed by atoms with Crippen molar-refractivity contribution in [3.63, 3.8) is 0 Å². The lowest BCUT2D eigenvalue weighted by molar-refractivity contribution is -0.384. The maximum Gasteiger partial charge on any atom is 0.292 e. The number of Topliss-reactive ketones (excluding diaryl/α,β-unsaturated/α-hetero) is 1. The zero-order chi connectivity index (χ0) is 18.7. The Hall–Kier alpha value is -2.80. The van der Waals surface area contributed by atoms with E-state index in [0.29, 0.717) is 36.3 Å². The predicted octanol–water partition coefficient (Wildman–Crippen LogP) is 3.33. The second-order valence-electron chi connectivity index (χ2n) is 6.39. The molecule has 1 heterocycles. The second kappa shape index (κ2) is 7.61. The number of halogens is 1. The van der Waals surface area contributed by atoms with Crippen LogP contribution in [-0.4, -0.2) is 28.9 Å². The highest BCUT2D eigenvalue weighted by atomic mass is 19.1. The molecule has 1 atom stereocenters. The van der Waals surface area contributed by atoms with Crippen molar-refractivity contribution in [3.8, 4) is 0 Å². The molecular weight excluding hydrogens is 339 g/mol. The molecule has 1 aliphatic rings. The smallest absolute Gasteiger partial charge is 0.292 e. The Labute approximate surface area is 150 Å². The van der Waals surface area contributed by atoms with E-state index in [1.807, 2.05) is 4.90 Å². The lowest BCUT2D eigenvalue weighted by Crippen LogP contribution is -2.39. The number of nitro benzene ring substituents is 1. The molecule has 0 saturated carbocycles. The average molecular weight is 358 g/mol. The molecule has 0 radical (unpaired) electrons. The van der Waals surface area contributed by atoms with Gasteiger partial charge in [0.2, 0.25) is 0 Å². The van der Waals surface area contributed by atoms with Gasteiger partial charge in [-0.2, -0.15) is 0 Å². The molecule has 2 aromatic rings. The summed E-state index contributed by atoms with van der Waals surface area (Å²) in [4.78, 5) is 25.4. The van der Waals surface area contributed by atoms with Gasteiger partial charge < -0.3 is 10.0 Å². The maximum absolute atomic E-state index is 13.1. The Morgan fingerprint density at radius 3 is 2.65 bits per heavy atom. The van der Waals surface area contributed by atoms with Crippen molar-refractivity contribution in [3.05, 3.63) is 69.5 Å². The molecule has 136 valence electrons. The summed E-state index contributed by atoms with van der Waals surface area (Å²) in [6.45, 7) is 0.742. The van der Waals surface area contributed by atoms with Gasteiger partial charge in [0.25, 0.3) is 5.69 Å². The molecule has 1 fully saturated rings. The van der Waals surface area contributed by atoms with Gasteiger partial charge >= 0.3 is 0 Å². The highest BCUT2D eigenvalue weighted by Crippen LogP contribution is 2.33. The predicted molar refractivity (Wildman–Crippen MR) is 94.7 cm³/mol. The molecule has 1 N–H and O–H groups in total. The van der Waals surface area contributed by atoms with E-state index in [1.165, 1.54) is 36.4 Å².